The standard InChI is InChI=1S/C18H17N7O/c1-24-15-9-4-3-8-14(15)20-16(24)11-19-18(26)13-7-5-6-12(10-13)17-21-22-23-25(17)2/h3-10H,11H2,1-2H3,(H,19,26). The first-order valence-electron chi connectivity index (χ1n) is 8.15. The first-order chi connectivity index (χ1) is 12.6. The number of aromatic nitrogens is 6. The third-order valence-electron chi connectivity index (χ3n) is 4.29. The van der Waals surface area contributed by atoms with Gasteiger partial charge in [-0.05, 0) is 34.7 Å². The van der Waals surface area contributed by atoms with Crippen molar-refractivity contribution in [2.24, 2.45) is 14.1 Å². The number of carbonyl (C=O) groups excluding carboxylic acids is 1. The Morgan fingerprint density at radius 3 is 2.73 bits per heavy atom. The maximum Gasteiger partial charge on any atom is 0.251 e. The van der Waals surface area contributed by atoms with Gasteiger partial charge in [0.25, 0.3) is 5.91 Å². The summed E-state index contributed by atoms with van der Waals surface area (Å²) in [7, 11) is 3.70. The van der Waals surface area contributed by atoms with E-state index in [4.69, 9.17) is 0 Å². The van der Waals surface area contributed by atoms with E-state index in [1.807, 2.05) is 48.0 Å². The van der Waals surface area contributed by atoms with Crippen molar-refractivity contribution in [3.8, 4) is 11.4 Å². The number of nitrogens with one attached hydrogen (secondary N) is 1. The van der Waals surface area contributed by atoms with Crippen molar-refractivity contribution in [1.82, 2.24) is 35.1 Å². The van der Waals surface area contributed by atoms with Crippen molar-refractivity contribution in [3.63, 3.8) is 0 Å². The quantitative estimate of drug-likeness (QED) is 0.607. The average Bonchev–Trinajstić information content (AvgIpc) is 3.23. The number of amides is 1. The Morgan fingerprint density at radius 2 is 1.96 bits per heavy atom. The second-order valence-electron chi connectivity index (χ2n) is 5.97. The molecule has 0 unspecified atom stereocenters. The second kappa shape index (κ2) is 6.40. The van der Waals surface area contributed by atoms with Crippen LogP contribution in [0.5, 0.6) is 0 Å². The largest absolute Gasteiger partial charge is 0.345 e. The number of carbonyl (C=O) groups is 1. The van der Waals surface area contributed by atoms with Crippen LogP contribution in [0.25, 0.3) is 22.4 Å². The molecule has 0 aliphatic rings. The van der Waals surface area contributed by atoms with Gasteiger partial charge in [0.1, 0.15) is 5.82 Å². The molecule has 2 aromatic carbocycles. The molecule has 8 heteroatoms. The number of benzene rings is 2. The fourth-order valence-corrected chi connectivity index (χ4v) is 2.89. The number of imidazole rings is 1. The highest BCUT2D eigenvalue weighted by Crippen LogP contribution is 2.17. The number of aryl methyl sites for hydroxylation is 2. The lowest BCUT2D eigenvalue weighted by Gasteiger charge is -2.07. The summed E-state index contributed by atoms with van der Waals surface area (Å²) in [4.78, 5) is 17.1. The van der Waals surface area contributed by atoms with Crippen LogP contribution in [-0.4, -0.2) is 35.7 Å². The Hall–Kier alpha value is -3.55. The molecule has 1 N–H and O–H groups in total. The molecule has 2 heterocycles. The molecule has 0 atom stereocenters. The molecule has 130 valence electrons. The number of nitrogens with zero attached hydrogens (tertiary/aromatic N) is 6. The zero-order valence-corrected chi connectivity index (χ0v) is 14.4. The summed E-state index contributed by atoms with van der Waals surface area (Å²) < 4.78 is 3.55. The van der Waals surface area contributed by atoms with Crippen LogP contribution in [0.2, 0.25) is 0 Å². The lowest BCUT2D eigenvalue weighted by Crippen LogP contribution is -2.24. The molecule has 1 amide bonds. The Kier molecular flexibility index (Phi) is 3.92. The van der Waals surface area contributed by atoms with E-state index in [9.17, 15) is 4.79 Å². The molecule has 4 rings (SSSR count). The second-order valence-corrected chi connectivity index (χ2v) is 5.97. The van der Waals surface area contributed by atoms with E-state index in [0.717, 1.165) is 22.4 Å². The molecule has 0 saturated heterocycles. The lowest BCUT2D eigenvalue weighted by atomic mass is 10.1. The Balaban J connectivity index is 1.53. The van der Waals surface area contributed by atoms with Gasteiger partial charge in [-0.1, -0.05) is 24.3 Å². The van der Waals surface area contributed by atoms with Crippen LogP contribution in [0, 0.1) is 0 Å². The van der Waals surface area contributed by atoms with Crippen molar-refractivity contribution < 1.29 is 4.79 Å². The minimum Gasteiger partial charge on any atom is -0.345 e. The van der Waals surface area contributed by atoms with Gasteiger partial charge in [0.2, 0.25) is 0 Å². The van der Waals surface area contributed by atoms with Crippen LogP contribution in [0.4, 0.5) is 0 Å². The number of para-hydroxylation sites is 2. The van der Waals surface area contributed by atoms with Gasteiger partial charge in [-0.3, -0.25) is 4.79 Å². The minimum atomic E-state index is -0.172. The van der Waals surface area contributed by atoms with Crippen molar-refractivity contribution in [2.45, 2.75) is 6.54 Å². The van der Waals surface area contributed by atoms with Crippen LogP contribution >= 0.6 is 0 Å². The Morgan fingerprint density at radius 1 is 1.12 bits per heavy atom. The molecule has 4 aromatic rings. The van der Waals surface area contributed by atoms with Gasteiger partial charge in [-0.15, -0.1) is 5.10 Å². The summed E-state index contributed by atoms with van der Waals surface area (Å²) in [6.45, 7) is 0.347. The summed E-state index contributed by atoms with van der Waals surface area (Å²) in [5.74, 6) is 1.23. The van der Waals surface area contributed by atoms with Crippen LogP contribution < -0.4 is 5.32 Å². The van der Waals surface area contributed by atoms with E-state index >= 15 is 0 Å². The number of fused-ring (bicyclic) bond motifs is 1. The van der Waals surface area contributed by atoms with Crippen LogP contribution in [-0.2, 0) is 20.6 Å². The summed E-state index contributed by atoms with van der Waals surface area (Å²) >= 11 is 0. The average molecular weight is 347 g/mol. The van der Waals surface area contributed by atoms with Gasteiger partial charge in [0, 0.05) is 25.2 Å². The number of hydrogen-bond acceptors (Lipinski definition) is 5. The van der Waals surface area contributed by atoms with E-state index in [1.54, 1.807) is 23.9 Å². The summed E-state index contributed by atoms with van der Waals surface area (Å²) in [6, 6.07) is 15.1. The van der Waals surface area contributed by atoms with E-state index in [-0.39, 0.29) is 5.91 Å². The van der Waals surface area contributed by atoms with Crippen molar-refractivity contribution in [1.29, 1.82) is 0 Å². The number of tetrazole rings is 1. The van der Waals surface area contributed by atoms with E-state index in [0.29, 0.717) is 17.9 Å². The fraction of sp³-hybridized carbons (Fsp3) is 0.167. The van der Waals surface area contributed by atoms with Gasteiger partial charge in [0.15, 0.2) is 5.82 Å². The van der Waals surface area contributed by atoms with Gasteiger partial charge in [0.05, 0.1) is 17.6 Å². The Labute approximate surface area is 149 Å². The summed E-state index contributed by atoms with van der Waals surface area (Å²) in [5.41, 5.74) is 3.28. The molecular formula is C18H17N7O. The fourth-order valence-electron chi connectivity index (χ4n) is 2.89. The van der Waals surface area contributed by atoms with Gasteiger partial charge < -0.3 is 9.88 Å². The minimum absolute atomic E-state index is 0.172. The molecule has 0 aliphatic heterocycles. The normalized spacial score (nSPS) is 11.0. The predicted octanol–water partition coefficient (Wildman–Crippen LogP) is 1.69. The molecule has 0 spiro atoms. The topological polar surface area (TPSA) is 90.5 Å². The summed E-state index contributed by atoms with van der Waals surface area (Å²) in [5, 5.41) is 14.3. The van der Waals surface area contributed by atoms with Crippen molar-refractivity contribution in [3.05, 3.63) is 59.9 Å². The maximum absolute atomic E-state index is 12.5. The maximum atomic E-state index is 12.5. The molecular weight excluding hydrogens is 330 g/mol. The van der Waals surface area contributed by atoms with E-state index in [2.05, 4.69) is 25.8 Å². The SMILES string of the molecule is Cn1nnnc1-c1cccc(C(=O)NCc2nc3ccccc3n2C)c1. The highest BCUT2D eigenvalue weighted by atomic mass is 16.1. The van der Waals surface area contributed by atoms with Gasteiger partial charge >= 0.3 is 0 Å². The van der Waals surface area contributed by atoms with Crippen LogP contribution in [0.3, 0.4) is 0 Å². The molecule has 8 nitrogen and oxygen atoms in total. The van der Waals surface area contributed by atoms with E-state index in [1.165, 1.54) is 0 Å². The zero-order chi connectivity index (χ0) is 18.1. The molecule has 0 bridgehead atoms. The number of rotatable bonds is 4. The number of hydrogen-bond donors (Lipinski definition) is 1. The Bertz CT molecular complexity index is 1100. The predicted molar refractivity (Wildman–Crippen MR) is 96.1 cm³/mol. The molecule has 0 fully saturated rings. The van der Waals surface area contributed by atoms with Gasteiger partial charge in [-0.2, -0.15) is 0 Å². The van der Waals surface area contributed by atoms with E-state index < -0.39 is 0 Å². The smallest absolute Gasteiger partial charge is 0.251 e. The van der Waals surface area contributed by atoms with Crippen molar-refractivity contribution >= 4 is 16.9 Å². The molecule has 2 aromatic heterocycles. The molecule has 0 aliphatic carbocycles. The van der Waals surface area contributed by atoms with Gasteiger partial charge in [-0.25, -0.2) is 9.67 Å². The monoisotopic (exact) mass is 347 g/mol. The first-order valence-corrected chi connectivity index (χ1v) is 8.15. The van der Waals surface area contributed by atoms with Crippen LogP contribution in [0.1, 0.15) is 16.2 Å². The molecule has 0 radical (unpaired) electrons. The molecule has 26 heavy (non-hydrogen) atoms. The van der Waals surface area contributed by atoms with Crippen molar-refractivity contribution in [2.75, 3.05) is 0 Å². The molecule has 0 saturated carbocycles. The lowest BCUT2D eigenvalue weighted by molar-refractivity contribution is 0.0949. The zero-order valence-electron chi connectivity index (χ0n) is 14.4. The first kappa shape index (κ1) is 15.9. The van der Waals surface area contributed by atoms with Crippen LogP contribution in [0.15, 0.2) is 48.5 Å². The summed E-state index contributed by atoms with van der Waals surface area (Å²) in [6.07, 6.45) is 0. The third kappa shape index (κ3) is 2.81. The third-order valence-corrected chi connectivity index (χ3v) is 4.29. The highest BCUT2D eigenvalue weighted by molar-refractivity contribution is 5.95. The highest BCUT2D eigenvalue weighted by Gasteiger charge is 2.12.